The van der Waals surface area contributed by atoms with Gasteiger partial charge in [0.25, 0.3) is 0 Å². The Balaban J connectivity index is 2.59. The molecule has 17 heavy (non-hydrogen) atoms. The van der Waals surface area contributed by atoms with E-state index in [-0.39, 0.29) is 6.04 Å². The van der Waals surface area contributed by atoms with Gasteiger partial charge in [-0.15, -0.1) is 5.10 Å². The summed E-state index contributed by atoms with van der Waals surface area (Å²) < 4.78 is 1.73. The highest BCUT2D eigenvalue weighted by atomic mass is 35.5. The van der Waals surface area contributed by atoms with Crippen LogP contribution in [-0.2, 0) is 0 Å². The van der Waals surface area contributed by atoms with Crippen LogP contribution in [0.3, 0.4) is 0 Å². The zero-order valence-corrected chi connectivity index (χ0v) is 10.3. The lowest BCUT2D eigenvalue weighted by molar-refractivity contribution is 0.111. The van der Waals surface area contributed by atoms with Gasteiger partial charge < -0.3 is 0 Å². The van der Waals surface area contributed by atoms with Gasteiger partial charge in [-0.2, -0.15) is 0 Å². The molecule has 88 valence electrons. The number of hydrogen-bond donors (Lipinski definition) is 0. The highest BCUT2D eigenvalue weighted by Gasteiger charge is 2.16. The fourth-order valence-electron chi connectivity index (χ4n) is 1.63. The Labute approximate surface area is 104 Å². The molecule has 0 radical (unpaired) electrons. The number of hydrogen-bond acceptors (Lipinski definition) is 3. The topological polar surface area (TPSA) is 47.8 Å². The maximum atomic E-state index is 11.0. The lowest BCUT2D eigenvalue weighted by atomic mass is 10.1. The molecule has 0 atom stereocenters. The maximum absolute atomic E-state index is 11.0. The number of rotatable bonds is 3. The van der Waals surface area contributed by atoms with Crippen molar-refractivity contribution in [3.8, 4) is 11.3 Å². The third kappa shape index (κ3) is 2.22. The van der Waals surface area contributed by atoms with E-state index in [1.54, 1.807) is 16.8 Å². The van der Waals surface area contributed by atoms with E-state index in [0.29, 0.717) is 10.7 Å². The average Bonchev–Trinajstić information content (AvgIpc) is 2.73. The molecule has 0 spiro atoms. The van der Waals surface area contributed by atoms with Gasteiger partial charge in [0.1, 0.15) is 0 Å². The zero-order chi connectivity index (χ0) is 12.4. The molecule has 0 saturated heterocycles. The number of nitrogens with zero attached hydrogens (tertiary/aromatic N) is 3. The van der Waals surface area contributed by atoms with E-state index in [1.165, 1.54) is 0 Å². The second kappa shape index (κ2) is 4.67. The van der Waals surface area contributed by atoms with Gasteiger partial charge in [0, 0.05) is 16.6 Å². The van der Waals surface area contributed by atoms with E-state index < -0.39 is 0 Å². The number of carbonyl (C=O) groups excluding carboxylic acids is 1. The second-order valence-corrected chi connectivity index (χ2v) is 4.42. The predicted octanol–water partition coefficient (Wildman–Crippen LogP) is 2.99. The number of carbonyl (C=O) groups is 1. The summed E-state index contributed by atoms with van der Waals surface area (Å²) in [5.74, 6) is 0. The van der Waals surface area contributed by atoms with Crippen molar-refractivity contribution in [3.05, 3.63) is 35.0 Å². The van der Waals surface area contributed by atoms with Gasteiger partial charge in [-0.3, -0.25) is 4.79 Å². The summed E-state index contributed by atoms with van der Waals surface area (Å²) in [5, 5.41) is 8.51. The first-order chi connectivity index (χ1) is 8.13. The van der Waals surface area contributed by atoms with Crippen molar-refractivity contribution >= 4 is 17.9 Å². The normalized spacial score (nSPS) is 10.8. The van der Waals surface area contributed by atoms with Gasteiger partial charge in [0.05, 0.1) is 5.69 Å². The summed E-state index contributed by atoms with van der Waals surface area (Å²) in [6.07, 6.45) is 0.718. The quantitative estimate of drug-likeness (QED) is 0.786. The second-order valence-electron chi connectivity index (χ2n) is 3.99. The molecular formula is C12H12ClN3O. The molecule has 5 heteroatoms. The van der Waals surface area contributed by atoms with Crippen LogP contribution in [0.15, 0.2) is 24.3 Å². The Morgan fingerprint density at radius 2 is 1.94 bits per heavy atom. The first-order valence-electron chi connectivity index (χ1n) is 5.29. The van der Waals surface area contributed by atoms with Crippen molar-refractivity contribution in [2.75, 3.05) is 0 Å². The Bertz CT molecular complexity index is 531. The molecule has 0 amide bonds. The molecule has 0 aliphatic carbocycles. The van der Waals surface area contributed by atoms with Gasteiger partial charge in [0.2, 0.25) is 0 Å². The first-order valence-corrected chi connectivity index (χ1v) is 5.67. The van der Waals surface area contributed by atoms with E-state index in [0.717, 1.165) is 17.5 Å². The molecule has 1 aromatic heterocycles. The monoisotopic (exact) mass is 249 g/mol. The standard InChI is InChI=1S/C12H12ClN3O/c1-8(2)16-12(11(7-17)14-15-16)9-3-5-10(13)6-4-9/h3-8H,1-2H3. The summed E-state index contributed by atoms with van der Waals surface area (Å²) in [7, 11) is 0. The van der Waals surface area contributed by atoms with Crippen LogP contribution in [0, 0.1) is 0 Å². The Kier molecular flexibility index (Phi) is 3.24. The minimum absolute atomic E-state index is 0.141. The van der Waals surface area contributed by atoms with E-state index >= 15 is 0 Å². The summed E-state index contributed by atoms with van der Waals surface area (Å²) >= 11 is 5.84. The Morgan fingerprint density at radius 3 is 2.47 bits per heavy atom. The summed E-state index contributed by atoms with van der Waals surface area (Å²) in [6.45, 7) is 3.98. The van der Waals surface area contributed by atoms with Crippen molar-refractivity contribution in [1.82, 2.24) is 15.0 Å². The van der Waals surface area contributed by atoms with Crippen LogP contribution in [0.5, 0.6) is 0 Å². The average molecular weight is 250 g/mol. The van der Waals surface area contributed by atoms with Crippen molar-refractivity contribution < 1.29 is 4.79 Å². The van der Waals surface area contributed by atoms with Crippen molar-refractivity contribution in [3.63, 3.8) is 0 Å². The maximum Gasteiger partial charge on any atom is 0.172 e. The van der Waals surface area contributed by atoms with Gasteiger partial charge in [-0.05, 0) is 26.0 Å². The number of aromatic nitrogens is 3. The van der Waals surface area contributed by atoms with E-state index in [1.807, 2.05) is 26.0 Å². The Morgan fingerprint density at radius 1 is 1.29 bits per heavy atom. The van der Waals surface area contributed by atoms with E-state index in [2.05, 4.69) is 10.3 Å². The Hall–Kier alpha value is -1.68. The van der Waals surface area contributed by atoms with Crippen LogP contribution >= 0.6 is 11.6 Å². The van der Waals surface area contributed by atoms with Crippen LogP contribution in [0.1, 0.15) is 30.4 Å². The lowest BCUT2D eigenvalue weighted by Crippen LogP contribution is -2.05. The van der Waals surface area contributed by atoms with E-state index in [4.69, 9.17) is 11.6 Å². The van der Waals surface area contributed by atoms with Gasteiger partial charge in [0.15, 0.2) is 12.0 Å². The molecule has 4 nitrogen and oxygen atoms in total. The third-order valence-corrected chi connectivity index (χ3v) is 2.69. The minimum Gasteiger partial charge on any atom is -0.296 e. The van der Waals surface area contributed by atoms with Crippen molar-refractivity contribution in [2.45, 2.75) is 19.9 Å². The number of benzene rings is 1. The fourth-order valence-corrected chi connectivity index (χ4v) is 1.76. The SMILES string of the molecule is CC(C)n1nnc(C=O)c1-c1ccc(Cl)cc1. The molecule has 0 aliphatic heterocycles. The fraction of sp³-hybridized carbons (Fsp3) is 0.250. The highest BCUT2D eigenvalue weighted by Crippen LogP contribution is 2.25. The van der Waals surface area contributed by atoms with Gasteiger partial charge in [-0.1, -0.05) is 28.9 Å². The van der Waals surface area contributed by atoms with Crippen LogP contribution in [0.2, 0.25) is 5.02 Å². The smallest absolute Gasteiger partial charge is 0.172 e. The predicted molar refractivity (Wildman–Crippen MR) is 66.2 cm³/mol. The summed E-state index contributed by atoms with van der Waals surface area (Å²) in [4.78, 5) is 11.0. The molecule has 0 fully saturated rings. The van der Waals surface area contributed by atoms with Gasteiger partial charge >= 0.3 is 0 Å². The molecule has 0 aliphatic rings. The highest BCUT2D eigenvalue weighted by molar-refractivity contribution is 6.30. The van der Waals surface area contributed by atoms with Crippen molar-refractivity contribution in [1.29, 1.82) is 0 Å². The first kappa shape index (κ1) is 11.8. The van der Waals surface area contributed by atoms with Crippen LogP contribution in [0.25, 0.3) is 11.3 Å². The third-order valence-electron chi connectivity index (χ3n) is 2.44. The molecule has 0 bridgehead atoms. The molecule has 0 saturated carbocycles. The van der Waals surface area contributed by atoms with Crippen LogP contribution < -0.4 is 0 Å². The number of halogens is 1. The lowest BCUT2D eigenvalue weighted by Gasteiger charge is -2.10. The molecule has 2 rings (SSSR count). The molecular weight excluding hydrogens is 238 g/mol. The largest absolute Gasteiger partial charge is 0.296 e. The number of aldehydes is 1. The van der Waals surface area contributed by atoms with Gasteiger partial charge in [-0.25, -0.2) is 4.68 Å². The summed E-state index contributed by atoms with van der Waals surface area (Å²) in [5.41, 5.74) is 1.96. The zero-order valence-electron chi connectivity index (χ0n) is 9.59. The molecule has 0 N–H and O–H groups in total. The molecule has 2 aromatic rings. The molecule has 0 unspecified atom stereocenters. The van der Waals surface area contributed by atoms with Crippen LogP contribution in [-0.4, -0.2) is 21.3 Å². The minimum atomic E-state index is 0.141. The van der Waals surface area contributed by atoms with Crippen molar-refractivity contribution in [2.24, 2.45) is 0 Å². The van der Waals surface area contributed by atoms with E-state index in [9.17, 15) is 4.79 Å². The van der Waals surface area contributed by atoms with Crippen LogP contribution in [0.4, 0.5) is 0 Å². The molecule has 1 heterocycles. The summed E-state index contributed by atoms with van der Waals surface area (Å²) in [6, 6.07) is 7.41. The molecule has 1 aromatic carbocycles.